The molecule has 0 spiro atoms. The number of rotatable bonds is 15. The van der Waals surface area contributed by atoms with E-state index >= 15 is 0 Å². The number of benzene rings is 3. The van der Waals surface area contributed by atoms with Gasteiger partial charge in [-0.25, -0.2) is 4.79 Å². The summed E-state index contributed by atoms with van der Waals surface area (Å²) in [6.07, 6.45) is 13.7. The number of allylic oxidation sites excluding steroid dienone is 1. The zero-order valence-electron chi connectivity index (χ0n) is 22.2. The van der Waals surface area contributed by atoms with E-state index in [0.717, 1.165) is 29.9 Å². The van der Waals surface area contributed by atoms with Gasteiger partial charge in [-0.1, -0.05) is 69.4 Å². The minimum atomic E-state index is -0.483. The molecule has 0 fully saturated rings. The first kappa shape index (κ1) is 28.5. The molecule has 0 atom stereocenters. The Morgan fingerprint density at radius 2 is 1.39 bits per heavy atom. The average Bonchev–Trinajstić information content (AvgIpc) is 2.95. The highest BCUT2D eigenvalue weighted by molar-refractivity contribution is 6.06. The average molecular weight is 513 g/mol. The number of unbranched alkanes of at least 4 members (excludes halogenated alkanes) is 5. The van der Waals surface area contributed by atoms with Crippen LogP contribution in [0.5, 0.6) is 17.2 Å². The van der Waals surface area contributed by atoms with Crippen molar-refractivity contribution in [2.24, 2.45) is 0 Å². The van der Waals surface area contributed by atoms with Crippen LogP contribution in [0.15, 0.2) is 84.9 Å². The van der Waals surface area contributed by atoms with Gasteiger partial charge in [-0.15, -0.1) is 0 Å². The highest BCUT2D eigenvalue weighted by atomic mass is 16.5. The van der Waals surface area contributed by atoms with E-state index in [0.29, 0.717) is 17.1 Å². The second-order valence-corrected chi connectivity index (χ2v) is 8.94. The number of ketones is 1. The second kappa shape index (κ2) is 15.9. The van der Waals surface area contributed by atoms with Gasteiger partial charge < -0.3 is 14.2 Å². The van der Waals surface area contributed by atoms with Crippen LogP contribution in [-0.2, 0) is 4.79 Å². The van der Waals surface area contributed by atoms with E-state index in [2.05, 4.69) is 6.92 Å². The molecule has 3 aromatic rings. The summed E-state index contributed by atoms with van der Waals surface area (Å²) in [4.78, 5) is 24.7. The maximum atomic E-state index is 12.4. The van der Waals surface area contributed by atoms with E-state index in [9.17, 15) is 9.59 Å². The molecular formula is C33H36O5. The SMILES string of the molecule is CCCCCCCCOc1ccc(/C=C/C(=O)Oc2cccc(/C=C/C(=O)c3ccc(OC)cc3)c2)cc1. The molecule has 0 N–H and O–H groups in total. The zero-order valence-corrected chi connectivity index (χ0v) is 22.2. The highest BCUT2D eigenvalue weighted by Gasteiger charge is 2.04. The minimum absolute atomic E-state index is 0.128. The number of carbonyl (C=O) groups excluding carboxylic acids is 2. The summed E-state index contributed by atoms with van der Waals surface area (Å²) in [5.74, 6) is 1.31. The Bertz CT molecular complexity index is 1210. The van der Waals surface area contributed by atoms with E-state index in [1.807, 2.05) is 30.3 Å². The first-order valence-electron chi connectivity index (χ1n) is 13.2. The number of hydrogen-bond acceptors (Lipinski definition) is 5. The number of carbonyl (C=O) groups is 2. The van der Waals surface area contributed by atoms with Crippen molar-refractivity contribution < 1.29 is 23.8 Å². The Morgan fingerprint density at radius 3 is 2.13 bits per heavy atom. The molecule has 0 aromatic heterocycles. The molecule has 0 amide bonds. The fraction of sp³-hybridized carbons (Fsp3) is 0.273. The fourth-order valence-electron chi connectivity index (χ4n) is 3.77. The van der Waals surface area contributed by atoms with Crippen LogP contribution < -0.4 is 14.2 Å². The molecule has 0 aliphatic carbocycles. The first-order valence-corrected chi connectivity index (χ1v) is 13.2. The monoisotopic (exact) mass is 512 g/mol. The van der Waals surface area contributed by atoms with Crippen LogP contribution in [0.4, 0.5) is 0 Å². The summed E-state index contributed by atoms with van der Waals surface area (Å²) < 4.78 is 16.4. The second-order valence-electron chi connectivity index (χ2n) is 8.94. The Kier molecular flexibility index (Phi) is 11.9. The van der Waals surface area contributed by atoms with Crippen LogP contribution >= 0.6 is 0 Å². The summed E-state index contributed by atoms with van der Waals surface area (Å²) in [5, 5.41) is 0. The van der Waals surface area contributed by atoms with E-state index in [-0.39, 0.29) is 5.78 Å². The van der Waals surface area contributed by atoms with Crippen LogP contribution in [0.25, 0.3) is 12.2 Å². The molecule has 0 saturated heterocycles. The molecule has 0 aliphatic heterocycles. The summed E-state index contributed by atoms with van der Waals surface area (Å²) in [7, 11) is 1.58. The predicted octanol–water partition coefficient (Wildman–Crippen LogP) is 7.95. The maximum Gasteiger partial charge on any atom is 0.336 e. The van der Waals surface area contributed by atoms with Crippen molar-refractivity contribution in [3.05, 3.63) is 102 Å². The van der Waals surface area contributed by atoms with Gasteiger partial charge in [0.25, 0.3) is 0 Å². The molecule has 0 heterocycles. The molecule has 5 nitrogen and oxygen atoms in total. The molecule has 0 bridgehead atoms. The van der Waals surface area contributed by atoms with Gasteiger partial charge in [0.05, 0.1) is 13.7 Å². The smallest absolute Gasteiger partial charge is 0.336 e. The lowest BCUT2D eigenvalue weighted by molar-refractivity contribution is -0.128. The summed E-state index contributed by atoms with van der Waals surface area (Å²) in [6, 6.07) is 21.6. The first-order chi connectivity index (χ1) is 18.6. The van der Waals surface area contributed by atoms with Gasteiger partial charge in [-0.05, 0) is 78.2 Å². The lowest BCUT2D eigenvalue weighted by Crippen LogP contribution is -2.03. The molecule has 5 heteroatoms. The van der Waals surface area contributed by atoms with Crippen LogP contribution in [0.3, 0.4) is 0 Å². The van der Waals surface area contributed by atoms with Gasteiger partial charge in [0.1, 0.15) is 17.2 Å². The quantitative estimate of drug-likeness (QED) is 0.0680. The van der Waals surface area contributed by atoms with E-state index < -0.39 is 5.97 Å². The third-order valence-corrected chi connectivity index (χ3v) is 5.94. The van der Waals surface area contributed by atoms with Gasteiger partial charge in [0.15, 0.2) is 5.78 Å². The van der Waals surface area contributed by atoms with Crippen LogP contribution in [0, 0.1) is 0 Å². The van der Waals surface area contributed by atoms with Crippen LogP contribution in [0.2, 0.25) is 0 Å². The standard InChI is InChI=1S/C33H36O5/c1-3-4-5-6-7-8-24-37-30-18-12-26(13-19-30)15-23-33(35)38-31-11-9-10-27(25-31)14-22-32(34)28-16-20-29(36-2)21-17-28/h9-23,25H,3-8,24H2,1-2H3/b22-14+,23-15+. The van der Waals surface area contributed by atoms with E-state index in [1.165, 1.54) is 44.3 Å². The van der Waals surface area contributed by atoms with E-state index in [4.69, 9.17) is 14.2 Å². The fourth-order valence-corrected chi connectivity index (χ4v) is 3.77. The largest absolute Gasteiger partial charge is 0.497 e. The molecule has 0 unspecified atom stereocenters. The van der Waals surface area contributed by atoms with Crippen molar-refractivity contribution in [1.29, 1.82) is 0 Å². The summed E-state index contributed by atoms with van der Waals surface area (Å²) in [6.45, 7) is 2.94. The number of ether oxygens (including phenoxy) is 3. The third kappa shape index (κ3) is 10.1. The van der Waals surface area contributed by atoms with Gasteiger partial charge in [-0.2, -0.15) is 0 Å². The summed E-state index contributed by atoms with van der Waals surface area (Å²) in [5.41, 5.74) is 2.19. The number of methoxy groups -OCH3 is 1. The van der Waals surface area contributed by atoms with Crippen molar-refractivity contribution in [1.82, 2.24) is 0 Å². The van der Waals surface area contributed by atoms with Gasteiger partial charge >= 0.3 is 5.97 Å². The molecule has 0 saturated carbocycles. The molecule has 198 valence electrons. The third-order valence-electron chi connectivity index (χ3n) is 5.94. The highest BCUT2D eigenvalue weighted by Crippen LogP contribution is 2.18. The zero-order chi connectivity index (χ0) is 27.0. The van der Waals surface area contributed by atoms with Gasteiger partial charge in [0, 0.05) is 11.6 Å². The maximum absolute atomic E-state index is 12.4. The number of hydrogen-bond donors (Lipinski definition) is 0. The van der Waals surface area contributed by atoms with E-state index in [1.54, 1.807) is 61.7 Å². The normalized spacial score (nSPS) is 11.1. The van der Waals surface area contributed by atoms with Crippen molar-refractivity contribution in [3.8, 4) is 17.2 Å². The molecule has 3 rings (SSSR count). The molecule has 38 heavy (non-hydrogen) atoms. The topological polar surface area (TPSA) is 61.8 Å². The molecule has 0 radical (unpaired) electrons. The minimum Gasteiger partial charge on any atom is -0.497 e. The van der Waals surface area contributed by atoms with Gasteiger partial charge in [0.2, 0.25) is 0 Å². The Labute approximate surface area is 225 Å². The van der Waals surface area contributed by atoms with Crippen LogP contribution in [-0.4, -0.2) is 25.5 Å². The molecule has 3 aromatic carbocycles. The number of esters is 1. The van der Waals surface area contributed by atoms with Crippen molar-refractivity contribution in [2.45, 2.75) is 45.4 Å². The predicted molar refractivity (Wildman–Crippen MR) is 153 cm³/mol. The Balaban J connectivity index is 1.45. The Hall–Kier alpha value is -4.12. The summed E-state index contributed by atoms with van der Waals surface area (Å²) >= 11 is 0. The lowest BCUT2D eigenvalue weighted by atomic mass is 10.1. The van der Waals surface area contributed by atoms with Crippen molar-refractivity contribution in [3.63, 3.8) is 0 Å². The molecular weight excluding hydrogens is 476 g/mol. The van der Waals surface area contributed by atoms with Crippen molar-refractivity contribution >= 4 is 23.9 Å². The lowest BCUT2D eigenvalue weighted by Gasteiger charge is -2.06. The van der Waals surface area contributed by atoms with Gasteiger partial charge in [-0.3, -0.25) is 4.79 Å². The Morgan fingerprint density at radius 1 is 0.711 bits per heavy atom. The molecule has 0 aliphatic rings. The van der Waals surface area contributed by atoms with Crippen molar-refractivity contribution in [2.75, 3.05) is 13.7 Å². The van der Waals surface area contributed by atoms with Crippen LogP contribution in [0.1, 0.15) is 66.9 Å².